The molecule has 10 atom stereocenters. The Morgan fingerprint density at radius 1 is 0.647 bits per heavy atom. The maximum absolute atomic E-state index is 12.1. The van der Waals surface area contributed by atoms with E-state index in [1.807, 2.05) is 0 Å². The monoisotopic (exact) mass is 626 g/mol. The Morgan fingerprint density at radius 2 is 0.971 bits per heavy atom. The maximum atomic E-state index is 12.1. The summed E-state index contributed by atoms with van der Waals surface area (Å²) < 4.78 is 94.5. The van der Waals surface area contributed by atoms with Crippen molar-refractivity contribution in [3.05, 3.63) is 0 Å². The third kappa shape index (κ3) is 7.48. The molecule has 10 unspecified atom stereocenters. The Hall–Kier alpha value is 0.900. The molecule has 2 saturated heterocycles. The zero-order chi connectivity index (χ0) is 26.1. The van der Waals surface area contributed by atoms with Crippen molar-refractivity contribution in [2.75, 3.05) is 0 Å². The van der Waals surface area contributed by atoms with Crippen molar-refractivity contribution in [1.82, 2.24) is 0 Å². The van der Waals surface area contributed by atoms with E-state index in [0.29, 0.717) is 0 Å². The number of hydrogen-bond donors (Lipinski definition) is 9. The summed E-state index contributed by atoms with van der Waals surface area (Å²) in [6.07, 6.45) is -15.7. The first-order valence-electron chi connectivity index (χ1n) is 8.05. The molecule has 3 aliphatic rings. The van der Waals surface area contributed by atoms with Crippen LogP contribution in [0.2, 0.25) is 0 Å². The molecule has 34 heavy (non-hydrogen) atoms. The van der Waals surface area contributed by atoms with Gasteiger partial charge in [0.15, 0.2) is 0 Å². The molecule has 0 bridgehead atoms. The van der Waals surface area contributed by atoms with Gasteiger partial charge in [-0.25, -0.2) is 0 Å². The molecule has 0 aromatic carbocycles. The predicted octanol–water partition coefficient (Wildman–Crippen LogP) is -1.75. The van der Waals surface area contributed by atoms with E-state index in [4.69, 9.17) is 0 Å². The zero-order valence-corrected chi connectivity index (χ0v) is 21.0. The predicted molar refractivity (Wildman–Crippen MR) is 97.7 cm³/mol. The fourth-order valence-corrected chi connectivity index (χ4v) is 9.23. The van der Waals surface area contributed by atoms with Crippen LogP contribution >= 0.6 is 47.3 Å². The standard InChI is InChI=1S/C6H16O22P6/c7-29(8,9)21-1-2(22-30(10,11)12)4-6(26-34(19,20)28-32(15,16)24-4)5-3(1)23-31(13,14)27-33(17,18)25-5/h1-9,29H,(H,13,14)(H,15,16)(H,17,18)(H,19,20)(H2,10,11,12). The van der Waals surface area contributed by atoms with E-state index in [1.54, 1.807) is 0 Å². The van der Waals surface area contributed by atoms with Crippen LogP contribution < -0.4 is 0 Å². The summed E-state index contributed by atoms with van der Waals surface area (Å²) in [5.74, 6) is 0. The van der Waals surface area contributed by atoms with Crippen LogP contribution in [0.4, 0.5) is 0 Å². The zero-order valence-electron chi connectivity index (χ0n) is 15.5. The van der Waals surface area contributed by atoms with Crippen molar-refractivity contribution in [2.24, 2.45) is 0 Å². The van der Waals surface area contributed by atoms with Gasteiger partial charge >= 0.3 is 187 Å². The molecule has 0 amide bonds. The van der Waals surface area contributed by atoms with Gasteiger partial charge in [-0.15, -0.1) is 0 Å². The van der Waals surface area contributed by atoms with Crippen LogP contribution in [0.5, 0.6) is 0 Å². The molecule has 0 aromatic heterocycles. The fraction of sp³-hybridized carbons (Fsp3) is 1.00. The summed E-state index contributed by atoms with van der Waals surface area (Å²) in [4.78, 5) is 85.2. The van der Waals surface area contributed by atoms with Gasteiger partial charge in [0.25, 0.3) is 0 Å². The van der Waals surface area contributed by atoms with Crippen molar-refractivity contribution in [2.45, 2.75) is 36.6 Å². The average Bonchev–Trinajstić information content (AvgIpc) is 2.68. The fourth-order valence-electron chi connectivity index (χ4n) is 3.15. The first-order chi connectivity index (χ1) is 15.0. The molecular weight excluding hydrogens is 610 g/mol. The van der Waals surface area contributed by atoms with E-state index in [-0.39, 0.29) is 0 Å². The number of hydrogen-bond acceptors (Lipinski definition) is 16. The molecule has 2 aliphatic heterocycles. The first-order valence-corrected chi connectivity index (χ1v) is 17.3. The third-order valence-corrected chi connectivity index (χ3v) is 10.4. The normalized spacial score (nSPS) is 51.0. The van der Waals surface area contributed by atoms with E-state index in [2.05, 4.69) is 35.8 Å². The van der Waals surface area contributed by atoms with Gasteiger partial charge in [-0.3, -0.25) is 0 Å². The van der Waals surface area contributed by atoms with Crippen molar-refractivity contribution < 1.29 is 103 Å². The molecular formula is C6H16O22P6. The first kappa shape index (κ1) is 29.5. The molecule has 28 heteroatoms. The molecule has 9 N–H and O–H groups in total. The second-order valence-corrected chi connectivity index (χ2v) is 15.0. The Bertz CT molecular complexity index is 1040. The van der Waals surface area contributed by atoms with Crippen molar-refractivity contribution in [3.63, 3.8) is 0 Å². The SMILES string of the molecule is O=P(O)(O)OC1C2OP(=O)(O)OP(=O)(O)OC2C2OP(=O)(O)OP(=O)(O)OC2C1O[PH](O)(O)O. The Labute approximate surface area is 187 Å². The molecule has 3 rings (SSSR count). The molecule has 0 spiro atoms. The summed E-state index contributed by atoms with van der Waals surface area (Å²) in [6, 6.07) is 0. The van der Waals surface area contributed by atoms with Crippen LogP contribution in [-0.4, -0.2) is 80.7 Å². The van der Waals surface area contributed by atoms with Crippen LogP contribution in [0.3, 0.4) is 0 Å². The van der Waals surface area contributed by atoms with E-state index in [1.165, 1.54) is 0 Å². The second-order valence-electron chi connectivity index (χ2n) is 6.53. The van der Waals surface area contributed by atoms with Gasteiger partial charge in [-0.2, -0.15) is 0 Å². The summed E-state index contributed by atoms with van der Waals surface area (Å²) in [6.45, 7) is 0. The molecule has 1 aliphatic carbocycles. The minimum atomic E-state index is -5.85. The Morgan fingerprint density at radius 3 is 1.29 bits per heavy atom. The van der Waals surface area contributed by atoms with E-state index in [0.717, 1.165) is 0 Å². The molecule has 22 nitrogen and oxygen atoms in total. The summed E-state index contributed by atoms with van der Waals surface area (Å²) in [5.41, 5.74) is 0. The van der Waals surface area contributed by atoms with Gasteiger partial charge < -0.3 is 0 Å². The molecule has 1 saturated carbocycles. The average molecular weight is 626 g/mol. The summed E-state index contributed by atoms with van der Waals surface area (Å²) in [7, 11) is -34.4. The Kier molecular flexibility index (Phi) is 8.03. The Balaban J connectivity index is 2.25. The van der Waals surface area contributed by atoms with Gasteiger partial charge in [-0.1, -0.05) is 0 Å². The topological polar surface area (TPSA) is 341 Å². The molecule has 3 fully saturated rings. The van der Waals surface area contributed by atoms with Crippen molar-refractivity contribution >= 4 is 47.3 Å². The number of fused-ring (bicyclic) bond motifs is 3. The van der Waals surface area contributed by atoms with Crippen molar-refractivity contribution in [3.8, 4) is 0 Å². The van der Waals surface area contributed by atoms with Crippen LogP contribution in [-0.2, 0) is 58.6 Å². The van der Waals surface area contributed by atoms with Gasteiger partial charge in [0, 0.05) is 0 Å². The van der Waals surface area contributed by atoms with Gasteiger partial charge in [0.1, 0.15) is 0 Å². The van der Waals surface area contributed by atoms with Crippen LogP contribution in [0.1, 0.15) is 0 Å². The van der Waals surface area contributed by atoms with E-state index in [9.17, 15) is 66.9 Å². The molecule has 2 heterocycles. The second kappa shape index (κ2) is 9.27. The number of rotatable bonds is 4. The minimum absolute atomic E-state index is 2.54. The molecule has 202 valence electrons. The third-order valence-electron chi connectivity index (χ3n) is 3.93. The van der Waals surface area contributed by atoms with E-state index < -0.39 is 83.9 Å². The van der Waals surface area contributed by atoms with Crippen LogP contribution in [0.15, 0.2) is 0 Å². The summed E-state index contributed by atoms with van der Waals surface area (Å²) in [5, 5.41) is 0. The molecule has 0 aromatic rings. The van der Waals surface area contributed by atoms with Crippen LogP contribution in [0, 0.1) is 0 Å². The van der Waals surface area contributed by atoms with Crippen molar-refractivity contribution in [1.29, 1.82) is 0 Å². The van der Waals surface area contributed by atoms with Gasteiger partial charge in [0.05, 0.1) is 0 Å². The van der Waals surface area contributed by atoms with Gasteiger partial charge in [0.2, 0.25) is 0 Å². The van der Waals surface area contributed by atoms with E-state index >= 15 is 0 Å². The molecule has 0 radical (unpaired) electrons. The number of phosphoric acid groups is 5. The quantitative estimate of drug-likeness (QED) is 0.156. The number of phosphoric ester groups is 5. The van der Waals surface area contributed by atoms with Gasteiger partial charge in [-0.05, 0) is 0 Å². The van der Waals surface area contributed by atoms with Crippen LogP contribution in [0.25, 0.3) is 0 Å². The summed E-state index contributed by atoms with van der Waals surface area (Å²) >= 11 is 0.